The zero-order valence-corrected chi connectivity index (χ0v) is 15.1. The fourth-order valence-electron chi connectivity index (χ4n) is 2.53. The van der Waals surface area contributed by atoms with Crippen molar-refractivity contribution in [2.75, 3.05) is 28.6 Å². The van der Waals surface area contributed by atoms with Crippen LogP contribution in [-0.2, 0) is 9.59 Å². The molecule has 1 aromatic heterocycles. The standard InChI is InChI=1S/C19H24N4O2/c1-5-23(6-2)15-9-10-16(14(4)12-15)21-18(24)19(25)22-17-13(3)8-7-11-20-17/h7-12H,5-6H2,1-4H3,(H,21,24)(H,20,22,25). The van der Waals surface area contributed by atoms with Gasteiger partial charge >= 0.3 is 11.8 Å². The van der Waals surface area contributed by atoms with E-state index < -0.39 is 11.8 Å². The summed E-state index contributed by atoms with van der Waals surface area (Å²) in [5.74, 6) is -1.07. The molecule has 2 N–H and O–H groups in total. The van der Waals surface area contributed by atoms with Crippen LogP contribution in [-0.4, -0.2) is 29.9 Å². The average molecular weight is 340 g/mol. The van der Waals surface area contributed by atoms with E-state index >= 15 is 0 Å². The average Bonchev–Trinajstić information content (AvgIpc) is 2.60. The lowest BCUT2D eigenvalue weighted by Gasteiger charge is -2.22. The third-order valence-electron chi connectivity index (χ3n) is 4.03. The molecule has 0 unspecified atom stereocenters. The summed E-state index contributed by atoms with van der Waals surface area (Å²) in [6.07, 6.45) is 1.57. The van der Waals surface area contributed by atoms with Gasteiger partial charge in [0.25, 0.3) is 0 Å². The number of aromatic nitrogens is 1. The fraction of sp³-hybridized carbons (Fsp3) is 0.316. The van der Waals surface area contributed by atoms with E-state index in [0.717, 1.165) is 29.9 Å². The Hall–Kier alpha value is -2.89. The molecule has 2 rings (SSSR count). The zero-order valence-electron chi connectivity index (χ0n) is 15.1. The second kappa shape index (κ2) is 8.28. The molecule has 1 heterocycles. The van der Waals surface area contributed by atoms with Gasteiger partial charge in [-0.1, -0.05) is 6.07 Å². The van der Waals surface area contributed by atoms with Crippen LogP contribution in [0.2, 0.25) is 0 Å². The number of anilines is 3. The van der Waals surface area contributed by atoms with Crippen LogP contribution in [0.3, 0.4) is 0 Å². The highest BCUT2D eigenvalue weighted by atomic mass is 16.2. The Morgan fingerprint density at radius 1 is 1.00 bits per heavy atom. The molecule has 1 aromatic carbocycles. The Kier molecular flexibility index (Phi) is 6.11. The quantitative estimate of drug-likeness (QED) is 0.820. The molecule has 0 aliphatic carbocycles. The van der Waals surface area contributed by atoms with Crippen molar-refractivity contribution < 1.29 is 9.59 Å². The van der Waals surface area contributed by atoms with Crippen molar-refractivity contribution in [2.45, 2.75) is 27.7 Å². The van der Waals surface area contributed by atoms with Crippen molar-refractivity contribution in [3.63, 3.8) is 0 Å². The van der Waals surface area contributed by atoms with Crippen molar-refractivity contribution >= 4 is 29.0 Å². The third-order valence-corrected chi connectivity index (χ3v) is 4.03. The maximum absolute atomic E-state index is 12.2. The number of pyridine rings is 1. The van der Waals surface area contributed by atoms with Gasteiger partial charge in [-0.25, -0.2) is 4.98 Å². The first kappa shape index (κ1) is 18.4. The van der Waals surface area contributed by atoms with Crippen LogP contribution in [0.4, 0.5) is 17.2 Å². The normalized spacial score (nSPS) is 10.2. The van der Waals surface area contributed by atoms with E-state index in [1.54, 1.807) is 12.3 Å². The lowest BCUT2D eigenvalue weighted by Crippen LogP contribution is -2.30. The number of hydrogen-bond acceptors (Lipinski definition) is 4. The van der Waals surface area contributed by atoms with E-state index in [-0.39, 0.29) is 0 Å². The van der Waals surface area contributed by atoms with Crippen molar-refractivity contribution in [1.82, 2.24) is 4.98 Å². The number of aryl methyl sites for hydroxylation is 2. The Bertz CT molecular complexity index is 770. The van der Waals surface area contributed by atoms with Gasteiger partial charge in [-0.15, -0.1) is 0 Å². The number of benzene rings is 1. The first-order valence-corrected chi connectivity index (χ1v) is 8.35. The summed E-state index contributed by atoms with van der Waals surface area (Å²) in [5.41, 5.74) is 3.41. The summed E-state index contributed by atoms with van der Waals surface area (Å²) in [7, 11) is 0. The molecule has 0 atom stereocenters. The Morgan fingerprint density at radius 2 is 1.68 bits per heavy atom. The van der Waals surface area contributed by atoms with Gasteiger partial charge < -0.3 is 15.5 Å². The number of nitrogens with zero attached hydrogens (tertiary/aromatic N) is 2. The van der Waals surface area contributed by atoms with Crippen molar-refractivity contribution in [3.05, 3.63) is 47.7 Å². The molecule has 6 heteroatoms. The highest BCUT2D eigenvalue weighted by Crippen LogP contribution is 2.22. The number of carbonyl (C=O) groups is 2. The van der Waals surface area contributed by atoms with Gasteiger partial charge in [0.15, 0.2) is 0 Å². The topological polar surface area (TPSA) is 74.3 Å². The number of rotatable bonds is 5. The minimum absolute atomic E-state index is 0.385. The predicted molar refractivity (Wildman–Crippen MR) is 101 cm³/mol. The molecule has 0 aliphatic heterocycles. The van der Waals surface area contributed by atoms with Crippen LogP contribution < -0.4 is 15.5 Å². The smallest absolute Gasteiger partial charge is 0.315 e. The maximum Gasteiger partial charge on any atom is 0.315 e. The van der Waals surface area contributed by atoms with E-state index in [1.165, 1.54) is 0 Å². The highest BCUT2D eigenvalue weighted by molar-refractivity contribution is 6.43. The van der Waals surface area contributed by atoms with E-state index in [1.807, 2.05) is 38.1 Å². The molecule has 0 saturated carbocycles. The van der Waals surface area contributed by atoms with Gasteiger partial charge in [0, 0.05) is 30.7 Å². The van der Waals surface area contributed by atoms with Gasteiger partial charge in [-0.05, 0) is 63.1 Å². The number of hydrogen-bond donors (Lipinski definition) is 2. The molecular weight excluding hydrogens is 316 g/mol. The van der Waals surface area contributed by atoms with Crippen molar-refractivity contribution in [3.8, 4) is 0 Å². The molecule has 0 aliphatic rings. The number of amides is 2. The van der Waals surface area contributed by atoms with Crippen LogP contribution in [0.1, 0.15) is 25.0 Å². The molecule has 2 aromatic rings. The monoisotopic (exact) mass is 340 g/mol. The van der Waals surface area contributed by atoms with E-state index in [2.05, 4.69) is 34.4 Å². The van der Waals surface area contributed by atoms with Gasteiger partial charge in [0.1, 0.15) is 5.82 Å². The Labute approximate surface area is 148 Å². The minimum atomic E-state index is -0.742. The van der Waals surface area contributed by atoms with Crippen molar-refractivity contribution in [2.24, 2.45) is 0 Å². The molecule has 25 heavy (non-hydrogen) atoms. The maximum atomic E-state index is 12.2. The second-order valence-corrected chi connectivity index (χ2v) is 5.75. The van der Waals surface area contributed by atoms with Gasteiger partial charge in [0.2, 0.25) is 0 Å². The summed E-state index contributed by atoms with van der Waals surface area (Å²) in [5, 5.41) is 5.18. The summed E-state index contributed by atoms with van der Waals surface area (Å²) in [4.78, 5) is 30.5. The molecule has 0 spiro atoms. The Morgan fingerprint density at radius 3 is 2.28 bits per heavy atom. The van der Waals surface area contributed by atoms with Crippen LogP contribution in [0.15, 0.2) is 36.5 Å². The van der Waals surface area contributed by atoms with Crippen LogP contribution in [0, 0.1) is 13.8 Å². The van der Waals surface area contributed by atoms with Crippen LogP contribution in [0.5, 0.6) is 0 Å². The lowest BCUT2D eigenvalue weighted by atomic mass is 10.1. The Balaban J connectivity index is 2.07. The first-order valence-electron chi connectivity index (χ1n) is 8.35. The van der Waals surface area contributed by atoms with Crippen LogP contribution in [0.25, 0.3) is 0 Å². The largest absolute Gasteiger partial charge is 0.372 e. The minimum Gasteiger partial charge on any atom is -0.372 e. The highest BCUT2D eigenvalue weighted by Gasteiger charge is 2.16. The fourth-order valence-corrected chi connectivity index (χ4v) is 2.53. The molecule has 0 bridgehead atoms. The molecular formula is C19H24N4O2. The van der Waals surface area contributed by atoms with E-state index in [9.17, 15) is 9.59 Å². The molecule has 132 valence electrons. The van der Waals surface area contributed by atoms with E-state index in [0.29, 0.717) is 11.5 Å². The summed E-state index contributed by atoms with van der Waals surface area (Å²) in [6.45, 7) is 9.73. The zero-order chi connectivity index (χ0) is 18.4. The molecule has 0 fully saturated rings. The lowest BCUT2D eigenvalue weighted by molar-refractivity contribution is -0.133. The first-order chi connectivity index (χ1) is 12.0. The third kappa shape index (κ3) is 4.56. The molecule has 0 radical (unpaired) electrons. The summed E-state index contributed by atoms with van der Waals surface area (Å²) in [6, 6.07) is 9.35. The summed E-state index contributed by atoms with van der Waals surface area (Å²) >= 11 is 0. The van der Waals surface area contributed by atoms with Crippen LogP contribution >= 0.6 is 0 Å². The summed E-state index contributed by atoms with van der Waals surface area (Å²) < 4.78 is 0. The molecule has 0 saturated heterocycles. The second-order valence-electron chi connectivity index (χ2n) is 5.75. The predicted octanol–water partition coefficient (Wildman–Crippen LogP) is 3.12. The molecule has 2 amide bonds. The number of carbonyl (C=O) groups excluding carboxylic acids is 2. The van der Waals surface area contributed by atoms with Gasteiger partial charge in [-0.2, -0.15) is 0 Å². The van der Waals surface area contributed by atoms with E-state index in [4.69, 9.17) is 0 Å². The van der Waals surface area contributed by atoms with Gasteiger partial charge in [-0.3, -0.25) is 9.59 Å². The van der Waals surface area contributed by atoms with Crippen molar-refractivity contribution in [1.29, 1.82) is 0 Å². The molecule has 6 nitrogen and oxygen atoms in total. The van der Waals surface area contributed by atoms with Gasteiger partial charge in [0.05, 0.1) is 0 Å². The number of nitrogens with one attached hydrogen (secondary N) is 2. The SMILES string of the molecule is CCN(CC)c1ccc(NC(=O)C(=O)Nc2ncccc2C)c(C)c1.